The molecule has 1 aliphatic rings. The van der Waals surface area contributed by atoms with Gasteiger partial charge in [-0.2, -0.15) is 4.98 Å². The second-order valence-corrected chi connectivity index (χ2v) is 5.24. The number of amides is 2. The highest BCUT2D eigenvalue weighted by Gasteiger charge is 2.36. The Morgan fingerprint density at radius 3 is 2.45 bits per heavy atom. The van der Waals surface area contributed by atoms with Crippen molar-refractivity contribution in [3.8, 4) is 0 Å². The number of carbonyl (C=O) groups is 2. The number of benzene rings is 1. The summed E-state index contributed by atoms with van der Waals surface area (Å²) in [4.78, 5) is 29.9. The number of imide groups is 1. The predicted molar refractivity (Wildman–Crippen MR) is 77.2 cm³/mol. The Morgan fingerprint density at radius 2 is 1.86 bits per heavy atom. The summed E-state index contributed by atoms with van der Waals surface area (Å²) in [7, 11) is 1.85. The van der Waals surface area contributed by atoms with Gasteiger partial charge < -0.3 is 9.84 Å². The van der Waals surface area contributed by atoms with Gasteiger partial charge in [-0.3, -0.25) is 14.5 Å². The Balaban J connectivity index is 1.75. The average molecular weight is 300 g/mol. The number of hydrogen-bond acceptors (Lipinski definition) is 6. The Bertz CT molecular complexity index is 690. The molecule has 0 radical (unpaired) electrons. The maximum absolute atomic E-state index is 12.2. The summed E-state index contributed by atoms with van der Waals surface area (Å²) in [5.41, 5.74) is 0.826. The van der Waals surface area contributed by atoms with Gasteiger partial charge in [0.1, 0.15) is 6.54 Å². The molecule has 2 aromatic rings. The van der Waals surface area contributed by atoms with Crippen molar-refractivity contribution >= 4 is 11.8 Å². The van der Waals surface area contributed by atoms with Crippen molar-refractivity contribution in [2.24, 2.45) is 0 Å². The van der Waals surface area contributed by atoms with Crippen molar-refractivity contribution in [3.63, 3.8) is 0 Å². The molecule has 7 heteroatoms. The summed E-state index contributed by atoms with van der Waals surface area (Å²) in [6.45, 7) is 1.99. The van der Waals surface area contributed by atoms with E-state index >= 15 is 0 Å². The molecule has 1 N–H and O–H groups in total. The summed E-state index contributed by atoms with van der Waals surface area (Å²) >= 11 is 0. The largest absolute Gasteiger partial charge is 0.337 e. The molecule has 1 aromatic carbocycles. The first-order chi connectivity index (χ1) is 10.6. The molecule has 22 heavy (non-hydrogen) atoms. The van der Waals surface area contributed by atoms with Gasteiger partial charge in [0.25, 0.3) is 11.8 Å². The fourth-order valence-corrected chi connectivity index (χ4v) is 2.33. The van der Waals surface area contributed by atoms with Crippen LogP contribution in [0.1, 0.15) is 39.4 Å². The third kappa shape index (κ3) is 2.50. The van der Waals surface area contributed by atoms with Gasteiger partial charge in [0.05, 0.1) is 11.1 Å². The number of nitrogens with one attached hydrogen (secondary N) is 1. The lowest BCUT2D eigenvalue weighted by molar-refractivity contribution is 0.0625. The summed E-state index contributed by atoms with van der Waals surface area (Å²) in [5.74, 6) is 0.147. The lowest BCUT2D eigenvalue weighted by atomic mass is 10.1. The Labute approximate surface area is 127 Å². The van der Waals surface area contributed by atoms with E-state index in [1.54, 1.807) is 24.3 Å². The Hall–Kier alpha value is -2.54. The van der Waals surface area contributed by atoms with Gasteiger partial charge in [0, 0.05) is 12.5 Å². The van der Waals surface area contributed by atoms with Gasteiger partial charge in [0.2, 0.25) is 5.89 Å². The van der Waals surface area contributed by atoms with Crippen molar-refractivity contribution in [3.05, 3.63) is 47.1 Å². The first-order valence-electron chi connectivity index (χ1n) is 7.04. The number of aromatic nitrogens is 2. The van der Waals surface area contributed by atoms with Crippen LogP contribution >= 0.6 is 0 Å². The molecular weight excluding hydrogens is 284 g/mol. The van der Waals surface area contributed by atoms with Crippen LogP contribution in [0.25, 0.3) is 0 Å². The van der Waals surface area contributed by atoms with Crippen molar-refractivity contribution in [1.29, 1.82) is 0 Å². The van der Waals surface area contributed by atoms with Gasteiger partial charge in [-0.15, -0.1) is 0 Å². The summed E-state index contributed by atoms with van der Waals surface area (Å²) in [5, 5.41) is 6.95. The monoisotopic (exact) mass is 300 g/mol. The number of carbonyl (C=O) groups excluding carboxylic acids is 2. The van der Waals surface area contributed by atoms with E-state index < -0.39 is 0 Å². The standard InChI is InChI=1S/C15H16N4O3/c1-9(16-2)7-12-17-13(22-18-12)8-19-14(20)10-5-3-4-6-11(10)15(19)21/h3-6,9,16H,7-8H2,1-2H3. The van der Waals surface area contributed by atoms with E-state index in [-0.39, 0.29) is 30.3 Å². The summed E-state index contributed by atoms with van der Waals surface area (Å²) < 4.78 is 5.13. The zero-order valence-electron chi connectivity index (χ0n) is 12.4. The third-order valence-corrected chi connectivity index (χ3v) is 3.66. The Kier molecular flexibility index (Phi) is 3.72. The quantitative estimate of drug-likeness (QED) is 0.829. The van der Waals surface area contributed by atoms with E-state index in [4.69, 9.17) is 4.52 Å². The molecule has 0 bridgehead atoms. The van der Waals surface area contributed by atoms with Crippen molar-refractivity contribution in [1.82, 2.24) is 20.4 Å². The molecule has 0 saturated carbocycles. The van der Waals surface area contributed by atoms with E-state index in [0.717, 1.165) is 4.90 Å². The van der Waals surface area contributed by atoms with Gasteiger partial charge in [0.15, 0.2) is 5.82 Å². The maximum atomic E-state index is 12.2. The molecule has 1 atom stereocenters. The highest BCUT2D eigenvalue weighted by Crippen LogP contribution is 2.23. The molecule has 1 unspecified atom stereocenters. The maximum Gasteiger partial charge on any atom is 0.262 e. The van der Waals surface area contributed by atoms with Crippen molar-refractivity contribution < 1.29 is 14.1 Å². The number of likely N-dealkylation sites (N-methyl/N-ethyl adjacent to an activating group) is 1. The minimum Gasteiger partial charge on any atom is -0.337 e. The van der Waals surface area contributed by atoms with Crippen LogP contribution in [-0.2, 0) is 13.0 Å². The van der Waals surface area contributed by atoms with E-state index in [1.807, 2.05) is 14.0 Å². The van der Waals surface area contributed by atoms with E-state index in [2.05, 4.69) is 15.5 Å². The third-order valence-electron chi connectivity index (χ3n) is 3.66. The molecule has 7 nitrogen and oxygen atoms in total. The van der Waals surface area contributed by atoms with Crippen molar-refractivity contribution in [2.45, 2.75) is 25.9 Å². The molecule has 3 rings (SSSR count). The zero-order valence-corrected chi connectivity index (χ0v) is 12.4. The zero-order chi connectivity index (χ0) is 15.7. The minimum atomic E-state index is -0.330. The normalized spacial score (nSPS) is 15.3. The summed E-state index contributed by atoms with van der Waals surface area (Å²) in [6.07, 6.45) is 0.613. The number of rotatable bonds is 5. The van der Waals surface area contributed by atoms with Crippen LogP contribution in [0.15, 0.2) is 28.8 Å². The molecule has 0 fully saturated rings. The Morgan fingerprint density at radius 1 is 1.23 bits per heavy atom. The van der Waals surface area contributed by atoms with Crippen LogP contribution in [-0.4, -0.2) is 39.9 Å². The first kappa shape index (κ1) is 14.4. The van der Waals surface area contributed by atoms with Gasteiger partial charge in [-0.05, 0) is 26.1 Å². The van der Waals surface area contributed by atoms with Crippen LogP contribution in [0.5, 0.6) is 0 Å². The summed E-state index contributed by atoms with van der Waals surface area (Å²) in [6, 6.07) is 6.96. The van der Waals surface area contributed by atoms with Crippen LogP contribution < -0.4 is 5.32 Å². The SMILES string of the molecule is CNC(C)Cc1noc(CN2C(=O)c3ccccc3C2=O)n1. The lowest BCUT2D eigenvalue weighted by Gasteiger charge is -2.10. The van der Waals surface area contributed by atoms with E-state index in [9.17, 15) is 9.59 Å². The van der Waals surface area contributed by atoms with Gasteiger partial charge >= 0.3 is 0 Å². The van der Waals surface area contributed by atoms with Crippen molar-refractivity contribution in [2.75, 3.05) is 7.05 Å². The lowest BCUT2D eigenvalue weighted by Crippen LogP contribution is -2.29. The molecule has 0 spiro atoms. The molecule has 1 aliphatic heterocycles. The highest BCUT2D eigenvalue weighted by molar-refractivity contribution is 6.21. The van der Waals surface area contributed by atoms with Crippen LogP contribution in [0.3, 0.4) is 0 Å². The van der Waals surface area contributed by atoms with E-state index in [1.165, 1.54) is 0 Å². The first-order valence-corrected chi connectivity index (χ1v) is 7.04. The molecule has 2 amide bonds. The molecule has 0 aliphatic carbocycles. The topological polar surface area (TPSA) is 88.3 Å². The minimum absolute atomic E-state index is 0.00667. The fourth-order valence-electron chi connectivity index (χ4n) is 2.33. The predicted octanol–water partition coefficient (Wildman–Crippen LogP) is 1.02. The second kappa shape index (κ2) is 5.69. The van der Waals surface area contributed by atoms with E-state index in [0.29, 0.717) is 23.4 Å². The smallest absolute Gasteiger partial charge is 0.262 e. The molecule has 114 valence electrons. The molecule has 0 saturated heterocycles. The molecular formula is C15H16N4O3. The fraction of sp³-hybridized carbons (Fsp3) is 0.333. The number of nitrogens with zero attached hydrogens (tertiary/aromatic N) is 3. The molecule has 1 aromatic heterocycles. The average Bonchev–Trinajstić information content (AvgIpc) is 3.06. The van der Waals surface area contributed by atoms with Crippen LogP contribution in [0.2, 0.25) is 0 Å². The van der Waals surface area contributed by atoms with Crippen LogP contribution in [0.4, 0.5) is 0 Å². The second-order valence-electron chi connectivity index (χ2n) is 5.24. The van der Waals surface area contributed by atoms with Gasteiger partial charge in [-0.25, -0.2) is 0 Å². The molecule has 2 heterocycles. The van der Waals surface area contributed by atoms with Gasteiger partial charge in [-0.1, -0.05) is 17.3 Å². The highest BCUT2D eigenvalue weighted by atomic mass is 16.5. The number of hydrogen-bond donors (Lipinski definition) is 1. The van der Waals surface area contributed by atoms with Crippen LogP contribution in [0, 0.1) is 0 Å². The number of fused-ring (bicyclic) bond motifs is 1.